The molecule has 1 aliphatic carbocycles. The van der Waals surface area contributed by atoms with Crippen LogP contribution in [-0.2, 0) is 16.8 Å². The smallest absolute Gasteiger partial charge is 0.238 e. The van der Waals surface area contributed by atoms with Crippen molar-refractivity contribution in [2.75, 3.05) is 4.90 Å². The molecule has 0 aromatic heterocycles. The number of nitrogens with zero attached hydrogens (tertiary/aromatic N) is 1. The van der Waals surface area contributed by atoms with Crippen molar-refractivity contribution in [1.82, 2.24) is 0 Å². The van der Waals surface area contributed by atoms with Gasteiger partial charge in [-0.05, 0) is 41.7 Å². The van der Waals surface area contributed by atoms with E-state index in [1.54, 1.807) is 0 Å². The summed E-state index contributed by atoms with van der Waals surface area (Å²) in [5.74, 6) is 0.400. The number of anilines is 1. The summed E-state index contributed by atoms with van der Waals surface area (Å²) < 4.78 is 0. The van der Waals surface area contributed by atoms with Gasteiger partial charge in [-0.2, -0.15) is 0 Å². The molecule has 0 radical (unpaired) electrons. The maximum Gasteiger partial charge on any atom is 0.238 e. The average Bonchev–Trinajstić information content (AvgIpc) is 3.24. The zero-order chi connectivity index (χ0) is 15.3. The fraction of sp³-hybridized carbons (Fsp3) is 0.211. The molecule has 2 aliphatic rings. The number of halogens is 1. The topological polar surface area (TPSA) is 20.3 Å². The number of rotatable bonds is 3. The van der Waals surface area contributed by atoms with Gasteiger partial charge < -0.3 is 4.90 Å². The first-order chi connectivity index (χ1) is 10.7. The maximum absolute atomic E-state index is 13.1. The highest BCUT2D eigenvalue weighted by Crippen LogP contribution is 2.62. The van der Waals surface area contributed by atoms with Gasteiger partial charge in [0.05, 0.1) is 12.0 Å². The fourth-order valence-corrected chi connectivity index (χ4v) is 3.79. The number of carbonyl (C=O) groups excluding carboxylic acids is 1. The minimum absolute atomic E-state index is 0.179. The van der Waals surface area contributed by atoms with E-state index in [0.717, 1.165) is 23.2 Å². The Kier molecular flexibility index (Phi) is 2.92. The molecule has 0 bridgehead atoms. The Morgan fingerprint density at radius 1 is 1.27 bits per heavy atom. The van der Waals surface area contributed by atoms with Gasteiger partial charge in [-0.1, -0.05) is 48.0 Å². The molecule has 0 N–H and O–H groups in total. The van der Waals surface area contributed by atoms with Crippen molar-refractivity contribution in [1.29, 1.82) is 0 Å². The van der Waals surface area contributed by atoms with Crippen molar-refractivity contribution in [3.63, 3.8) is 0 Å². The third-order valence-corrected chi connectivity index (χ3v) is 5.07. The number of hydrogen-bond acceptors (Lipinski definition) is 1. The summed E-state index contributed by atoms with van der Waals surface area (Å²) in [7, 11) is 0. The minimum atomic E-state index is -0.420. The maximum atomic E-state index is 13.1. The number of fused-ring (bicyclic) bond motifs is 2. The van der Waals surface area contributed by atoms with E-state index in [1.807, 2.05) is 59.5 Å². The molecule has 0 saturated heterocycles. The average molecular weight is 310 g/mol. The standard InChI is InChI=1S/C19H16ClNO/c1-2-14-11-19(14)16-10-15(20)8-9-17(16)21(18(19)22)12-13-6-4-3-5-7-13/h2-10,14H,1,11-12H2/t14-,19+/m1/s1. The molecule has 3 heteroatoms. The first-order valence-electron chi connectivity index (χ1n) is 7.45. The van der Waals surface area contributed by atoms with Crippen molar-refractivity contribution >= 4 is 23.2 Å². The van der Waals surface area contributed by atoms with Crippen molar-refractivity contribution in [3.05, 3.63) is 77.3 Å². The van der Waals surface area contributed by atoms with Crippen LogP contribution in [0, 0.1) is 5.92 Å². The van der Waals surface area contributed by atoms with Crippen molar-refractivity contribution in [2.24, 2.45) is 5.92 Å². The van der Waals surface area contributed by atoms with Gasteiger partial charge in [0.1, 0.15) is 0 Å². The minimum Gasteiger partial charge on any atom is -0.307 e. The van der Waals surface area contributed by atoms with E-state index in [9.17, 15) is 4.79 Å². The first kappa shape index (κ1) is 13.6. The van der Waals surface area contributed by atoms with Gasteiger partial charge in [0.15, 0.2) is 0 Å². The molecule has 1 heterocycles. The lowest BCUT2D eigenvalue weighted by atomic mass is 9.95. The van der Waals surface area contributed by atoms with E-state index in [0.29, 0.717) is 11.6 Å². The van der Waals surface area contributed by atoms with Crippen LogP contribution in [0.5, 0.6) is 0 Å². The lowest BCUT2D eigenvalue weighted by Crippen LogP contribution is -2.32. The molecule has 1 amide bonds. The SMILES string of the molecule is C=C[C@@H]1C[C@]12C(=O)N(Cc1ccccc1)c1ccc(Cl)cc12. The van der Waals surface area contributed by atoms with Gasteiger partial charge in [-0.25, -0.2) is 0 Å². The van der Waals surface area contributed by atoms with E-state index < -0.39 is 5.41 Å². The quantitative estimate of drug-likeness (QED) is 0.773. The Morgan fingerprint density at radius 2 is 2.05 bits per heavy atom. The summed E-state index contributed by atoms with van der Waals surface area (Å²) in [4.78, 5) is 15.0. The van der Waals surface area contributed by atoms with Crippen molar-refractivity contribution in [3.8, 4) is 0 Å². The molecule has 1 aliphatic heterocycles. The van der Waals surface area contributed by atoms with Gasteiger partial charge in [-0.15, -0.1) is 6.58 Å². The molecular weight excluding hydrogens is 294 g/mol. The Morgan fingerprint density at radius 3 is 2.73 bits per heavy atom. The van der Waals surface area contributed by atoms with Crippen LogP contribution in [0.4, 0.5) is 5.69 Å². The summed E-state index contributed by atoms with van der Waals surface area (Å²) in [5.41, 5.74) is 2.76. The Hall–Kier alpha value is -2.06. The first-order valence-corrected chi connectivity index (χ1v) is 7.83. The molecule has 1 fully saturated rings. The molecule has 2 atom stereocenters. The van der Waals surface area contributed by atoms with Crippen LogP contribution in [0.3, 0.4) is 0 Å². The second kappa shape index (κ2) is 4.72. The van der Waals surface area contributed by atoms with E-state index in [2.05, 4.69) is 6.58 Å². The number of allylic oxidation sites excluding steroid dienone is 1. The third kappa shape index (κ3) is 1.77. The number of amides is 1. The van der Waals surface area contributed by atoms with Gasteiger partial charge in [0.25, 0.3) is 0 Å². The largest absolute Gasteiger partial charge is 0.307 e. The molecule has 110 valence electrons. The predicted octanol–water partition coefficient (Wildman–Crippen LogP) is 4.33. The zero-order valence-corrected chi connectivity index (χ0v) is 12.9. The van der Waals surface area contributed by atoms with Crippen LogP contribution in [0.15, 0.2) is 61.2 Å². The van der Waals surface area contributed by atoms with E-state index in [1.165, 1.54) is 0 Å². The molecule has 2 nitrogen and oxygen atoms in total. The molecule has 22 heavy (non-hydrogen) atoms. The molecule has 2 aromatic rings. The Bertz CT molecular complexity index is 770. The van der Waals surface area contributed by atoms with Crippen LogP contribution < -0.4 is 4.90 Å². The number of carbonyl (C=O) groups is 1. The number of benzene rings is 2. The van der Waals surface area contributed by atoms with E-state index in [4.69, 9.17) is 11.6 Å². The summed E-state index contributed by atoms with van der Waals surface area (Å²) in [6, 6.07) is 15.8. The molecule has 0 unspecified atom stereocenters. The van der Waals surface area contributed by atoms with Gasteiger partial charge >= 0.3 is 0 Å². The summed E-state index contributed by atoms with van der Waals surface area (Å²) in [6.07, 6.45) is 2.74. The Labute approximate surface area is 135 Å². The summed E-state index contributed by atoms with van der Waals surface area (Å²) >= 11 is 6.17. The van der Waals surface area contributed by atoms with Crippen LogP contribution >= 0.6 is 11.6 Å². The van der Waals surface area contributed by atoms with Gasteiger partial charge in [0.2, 0.25) is 5.91 Å². The molecule has 2 aromatic carbocycles. The second-order valence-electron chi connectivity index (χ2n) is 6.06. The molecule has 1 saturated carbocycles. The van der Waals surface area contributed by atoms with Gasteiger partial charge in [0, 0.05) is 10.7 Å². The lowest BCUT2D eigenvalue weighted by molar-refractivity contribution is -0.120. The van der Waals surface area contributed by atoms with Crippen LogP contribution in [-0.4, -0.2) is 5.91 Å². The highest BCUT2D eigenvalue weighted by Gasteiger charge is 2.65. The monoisotopic (exact) mass is 309 g/mol. The Balaban J connectivity index is 1.79. The normalized spacial score (nSPS) is 25.4. The highest BCUT2D eigenvalue weighted by atomic mass is 35.5. The third-order valence-electron chi connectivity index (χ3n) is 4.84. The van der Waals surface area contributed by atoms with Crippen LogP contribution in [0.25, 0.3) is 0 Å². The summed E-state index contributed by atoms with van der Waals surface area (Å²) in [5, 5.41) is 0.683. The predicted molar refractivity (Wildman–Crippen MR) is 89.1 cm³/mol. The van der Waals surface area contributed by atoms with Crippen LogP contribution in [0.1, 0.15) is 17.5 Å². The molecular formula is C19H16ClNO. The lowest BCUT2D eigenvalue weighted by Gasteiger charge is -2.18. The second-order valence-corrected chi connectivity index (χ2v) is 6.49. The van der Waals surface area contributed by atoms with Gasteiger partial charge in [-0.3, -0.25) is 4.79 Å². The van der Waals surface area contributed by atoms with Crippen LogP contribution in [0.2, 0.25) is 5.02 Å². The zero-order valence-electron chi connectivity index (χ0n) is 12.1. The summed E-state index contributed by atoms with van der Waals surface area (Å²) in [6.45, 7) is 4.47. The fourth-order valence-electron chi connectivity index (χ4n) is 3.62. The molecule has 4 rings (SSSR count). The number of hydrogen-bond donors (Lipinski definition) is 0. The van der Waals surface area contributed by atoms with E-state index in [-0.39, 0.29) is 11.8 Å². The van der Waals surface area contributed by atoms with Crippen molar-refractivity contribution < 1.29 is 4.79 Å². The van der Waals surface area contributed by atoms with E-state index >= 15 is 0 Å². The highest BCUT2D eigenvalue weighted by molar-refractivity contribution is 6.31. The van der Waals surface area contributed by atoms with Crippen molar-refractivity contribution in [2.45, 2.75) is 18.4 Å². The molecule has 1 spiro atoms.